The zero-order chi connectivity index (χ0) is 16.5. The first-order valence-corrected chi connectivity index (χ1v) is 6.99. The third kappa shape index (κ3) is 5.90. The summed E-state index contributed by atoms with van der Waals surface area (Å²) in [5.74, 6) is -0.936. The van der Waals surface area contributed by atoms with Crippen LogP contribution in [0.1, 0.15) is 37.3 Å². The molecule has 7 heteroatoms. The van der Waals surface area contributed by atoms with Gasteiger partial charge in [-0.25, -0.2) is 0 Å². The number of aryl methyl sites for hydroxylation is 1. The lowest BCUT2D eigenvalue weighted by molar-refractivity contribution is -0.385. The van der Waals surface area contributed by atoms with Gasteiger partial charge in [0.15, 0.2) is 0 Å². The Hall–Kier alpha value is -2.44. The quantitative estimate of drug-likeness (QED) is 0.416. The van der Waals surface area contributed by atoms with Gasteiger partial charge in [0.25, 0.3) is 5.69 Å². The molecule has 0 unspecified atom stereocenters. The average Bonchev–Trinajstić information content (AvgIpc) is 2.48. The molecule has 1 aromatic rings. The van der Waals surface area contributed by atoms with Crippen LogP contribution in [0.5, 0.6) is 0 Å². The van der Waals surface area contributed by atoms with Crippen LogP contribution in [-0.4, -0.2) is 23.5 Å². The van der Waals surface area contributed by atoms with E-state index < -0.39 is 16.9 Å². The molecule has 0 aliphatic rings. The maximum atomic E-state index is 11.5. The van der Waals surface area contributed by atoms with Crippen molar-refractivity contribution in [1.29, 1.82) is 0 Å². The zero-order valence-corrected chi connectivity index (χ0v) is 12.7. The first-order valence-electron chi connectivity index (χ1n) is 6.99. The van der Waals surface area contributed by atoms with Crippen LogP contribution in [-0.2, 0) is 25.7 Å². The SMILES string of the molecule is CCCOC(=O)CCC(=O)OCc1ccc([N+](=O)[O-])c(C)c1. The second-order valence-electron chi connectivity index (χ2n) is 4.76. The molecule has 0 aliphatic heterocycles. The molecule has 0 heterocycles. The van der Waals surface area contributed by atoms with E-state index in [9.17, 15) is 19.7 Å². The minimum absolute atomic E-state index is 0.0156. The third-order valence-electron chi connectivity index (χ3n) is 2.86. The van der Waals surface area contributed by atoms with Gasteiger partial charge in [-0.15, -0.1) is 0 Å². The maximum Gasteiger partial charge on any atom is 0.306 e. The molecule has 0 atom stereocenters. The predicted octanol–water partition coefficient (Wildman–Crippen LogP) is 2.68. The highest BCUT2D eigenvalue weighted by molar-refractivity contribution is 5.77. The highest BCUT2D eigenvalue weighted by atomic mass is 16.6. The molecular weight excluding hydrogens is 290 g/mol. The minimum Gasteiger partial charge on any atom is -0.466 e. The molecule has 0 bridgehead atoms. The molecule has 0 aliphatic carbocycles. The molecule has 0 spiro atoms. The Kier molecular flexibility index (Phi) is 7.01. The van der Waals surface area contributed by atoms with Crippen LogP contribution in [0, 0.1) is 17.0 Å². The number of benzene rings is 1. The van der Waals surface area contributed by atoms with E-state index in [0.717, 1.165) is 6.42 Å². The summed E-state index contributed by atoms with van der Waals surface area (Å²) < 4.78 is 9.87. The van der Waals surface area contributed by atoms with Crippen LogP contribution in [0.4, 0.5) is 5.69 Å². The van der Waals surface area contributed by atoms with Crippen molar-refractivity contribution < 1.29 is 24.0 Å². The Morgan fingerprint density at radius 1 is 1.18 bits per heavy atom. The Balaban J connectivity index is 2.39. The Bertz CT molecular complexity index is 555. The van der Waals surface area contributed by atoms with Crippen LogP contribution < -0.4 is 0 Å². The molecule has 1 rings (SSSR count). The van der Waals surface area contributed by atoms with Gasteiger partial charge >= 0.3 is 11.9 Å². The highest BCUT2D eigenvalue weighted by Crippen LogP contribution is 2.19. The molecule has 0 N–H and O–H groups in total. The van der Waals surface area contributed by atoms with Crippen LogP contribution in [0.3, 0.4) is 0 Å². The molecule has 0 saturated carbocycles. The molecule has 0 amide bonds. The number of nitro groups is 1. The van der Waals surface area contributed by atoms with Gasteiger partial charge in [0.1, 0.15) is 6.61 Å². The van der Waals surface area contributed by atoms with Gasteiger partial charge in [0.05, 0.1) is 24.4 Å². The summed E-state index contributed by atoms with van der Waals surface area (Å²) in [5.41, 5.74) is 1.18. The lowest BCUT2D eigenvalue weighted by Gasteiger charge is -2.06. The van der Waals surface area contributed by atoms with Gasteiger partial charge in [-0.1, -0.05) is 6.92 Å². The number of ether oxygens (including phenoxy) is 2. The van der Waals surface area contributed by atoms with Gasteiger partial charge in [0, 0.05) is 11.6 Å². The van der Waals surface area contributed by atoms with E-state index >= 15 is 0 Å². The Labute approximate surface area is 128 Å². The van der Waals surface area contributed by atoms with Gasteiger partial charge in [-0.05, 0) is 31.0 Å². The van der Waals surface area contributed by atoms with Gasteiger partial charge in [0.2, 0.25) is 0 Å². The number of carbonyl (C=O) groups is 2. The van der Waals surface area contributed by atoms with E-state index in [4.69, 9.17) is 9.47 Å². The van der Waals surface area contributed by atoms with Crippen LogP contribution in [0.25, 0.3) is 0 Å². The zero-order valence-electron chi connectivity index (χ0n) is 12.7. The summed E-state index contributed by atoms with van der Waals surface area (Å²) in [7, 11) is 0. The fourth-order valence-corrected chi connectivity index (χ4v) is 1.74. The lowest BCUT2D eigenvalue weighted by atomic mass is 10.1. The molecule has 7 nitrogen and oxygen atoms in total. The van der Waals surface area contributed by atoms with Crippen LogP contribution in [0.2, 0.25) is 0 Å². The van der Waals surface area contributed by atoms with Crippen molar-refractivity contribution in [3.8, 4) is 0 Å². The van der Waals surface area contributed by atoms with Crippen molar-refractivity contribution in [3.05, 3.63) is 39.4 Å². The summed E-state index contributed by atoms with van der Waals surface area (Å²) in [6, 6.07) is 4.51. The fraction of sp³-hybridized carbons (Fsp3) is 0.467. The number of carbonyl (C=O) groups excluding carboxylic acids is 2. The minimum atomic E-state index is -0.510. The normalized spacial score (nSPS) is 10.1. The van der Waals surface area contributed by atoms with Crippen molar-refractivity contribution >= 4 is 17.6 Å². The van der Waals surface area contributed by atoms with E-state index in [2.05, 4.69) is 0 Å². The number of hydrogen-bond acceptors (Lipinski definition) is 6. The molecule has 1 aromatic carbocycles. The molecule has 0 saturated heterocycles. The molecular formula is C15H19NO6. The summed E-state index contributed by atoms with van der Waals surface area (Å²) in [6.07, 6.45) is 0.669. The molecule has 0 aromatic heterocycles. The van der Waals surface area contributed by atoms with E-state index in [1.54, 1.807) is 13.0 Å². The van der Waals surface area contributed by atoms with Crippen molar-refractivity contribution in [1.82, 2.24) is 0 Å². The van der Waals surface area contributed by atoms with E-state index in [-0.39, 0.29) is 25.1 Å². The second kappa shape index (κ2) is 8.76. The van der Waals surface area contributed by atoms with Crippen molar-refractivity contribution in [3.63, 3.8) is 0 Å². The number of esters is 2. The lowest BCUT2D eigenvalue weighted by Crippen LogP contribution is -2.10. The number of rotatable bonds is 8. The Morgan fingerprint density at radius 2 is 1.82 bits per heavy atom. The topological polar surface area (TPSA) is 95.7 Å². The average molecular weight is 309 g/mol. The molecule has 0 fully saturated rings. The van der Waals surface area contributed by atoms with Crippen molar-refractivity contribution in [2.24, 2.45) is 0 Å². The number of nitrogens with zero attached hydrogens (tertiary/aromatic N) is 1. The smallest absolute Gasteiger partial charge is 0.306 e. The Morgan fingerprint density at radius 3 is 2.36 bits per heavy atom. The number of nitro benzene ring substituents is 1. The summed E-state index contributed by atoms with van der Waals surface area (Å²) >= 11 is 0. The molecule has 120 valence electrons. The summed E-state index contributed by atoms with van der Waals surface area (Å²) in [6.45, 7) is 3.86. The fourth-order valence-electron chi connectivity index (χ4n) is 1.74. The van der Waals surface area contributed by atoms with Crippen molar-refractivity contribution in [2.45, 2.75) is 39.7 Å². The van der Waals surface area contributed by atoms with Crippen molar-refractivity contribution in [2.75, 3.05) is 6.61 Å². The van der Waals surface area contributed by atoms with Gasteiger partial charge in [-0.2, -0.15) is 0 Å². The second-order valence-corrected chi connectivity index (χ2v) is 4.76. The first-order chi connectivity index (χ1) is 10.4. The van der Waals surface area contributed by atoms with Gasteiger partial charge < -0.3 is 9.47 Å². The predicted molar refractivity (Wildman–Crippen MR) is 78.1 cm³/mol. The van der Waals surface area contributed by atoms with E-state index in [1.807, 2.05) is 6.92 Å². The highest BCUT2D eigenvalue weighted by Gasteiger charge is 2.12. The summed E-state index contributed by atoms with van der Waals surface area (Å²) in [4.78, 5) is 33.0. The monoisotopic (exact) mass is 309 g/mol. The molecule has 0 radical (unpaired) electrons. The number of hydrogen-bond donors (Lipinski definition) is 0. The maximum absolute atomic E-state index is 11.5. The van der Waals surface area contributed by atoms with Gasteiger partial charge in [-0.3, -0.25) is 19.7 Å². The molecule has 22 heavy (non-hydrogen) atoms. The van der Waals surface area contributed by atoms with E-state index in [1.165, 1.54) is 12.1 Å². The summed E-state index contributed by atoms with van der Waals surface area (Å²) in [5, 5.41) is 10.7. The van der Waals surface area contributed by atoms with Crippen LogP contribution >= 0.6 is 0 Å². The first kappa shape index (κ1) is 17.6. The largest absolute Gasteiger partial charge is 0.466 e. The standard InChI is InChI=1S/C15H19NO6/c1-3-8-21-14(17)6-7-15(18)22-10-12-4-5-13(16(19)20)11(2)9-12/h4-5,9H,3,6-8,10H2,1-2H3. The van der Waals surface area contributed by atoms with E-state index in [0.29, 0.717) is 17.7 Å². The van der Waals surface area contributed by atoms with Crippen LogP contribution in [0.15, 0.2) is 18.2 Å². The third-order valence-corrected chi connectivity index (χ3v) is 2.86.